The van der Waals surface area contributed by atoms with Gasteiger partial charge in [-0.2, -0.15) is 0 Å². The number of nitrogens with one attached hydrogen (secondary N) is 1. The van der Waals surface area contributed by atoms with Crippen LogP contribution in [0.25, 0.3) is 44.0 Å². The Hall–Kier alpha value is -3.52. The maximum Gasteiger partial charge on any atom is 0.119 e. The molecule has 0 spiro atoms. The number of aryl methyl sites for hydroxylation is 2. The Labute approximate surface area is 204 Å². The van der Waals surface area contributed by atoms with E-state index in [4.69, 9.17) is 14.7 Å². The van der Waals surface area contributed by atoms with Crippen LogP contribution in [-0.2, 0) is 13.6 Å². The van der Waals surface area contributed by atoms with Crippen molar-refractivity contribution in [1.29, 1.82) is 0 Å². The zero-order valence-corrected chi connectivity index (χ0v) is 20.5. The van der Waals surface area contributed by atoms with Crippen LogP contribution in [0.5, 0.6) is 5.75 Å². The van der Waals surface area contributed by atoms with E-state index >= 15 is 0 Å². The number of benzene rings is 2. The van der Waals surface area contributed by atoms with E-state index in [-0.39, 0.29) is 13.2 Å². The van der Waals surface area contributed by atoms with Gasteiger partial charge in [0.2, 0.25) is 0 Å². The molecule has 0 unspecified atom stereocenters. The van der Waals surface area contributed by atoms with E-state index in [1.165, 1.54) is 11.1 Å². The Bertz CT molecular complexity index is 1550. The quantitative estimate of drug-likeness (QED) is 0.332. The summed E-state index contributed by atoms with van der Waals surface area (Å²) in [5.41, 5.74) is 5.17. The fourth-order valence-electron chi connectivity index (χ4n) is 4.78. The Kier molecular flexibility index (Phi) is 5.92. The molecule has 0 amide bonds. The number of rotatable bonds is 7. The molecule has 0 saturated carbocycles. The Morgan fingerprint density at radius 2 is 1.80 bits per heavy atom. The summed E-state index contributed by atoms with van der Waals surface area (Å²) >= 11 is 0. The van der Waals surface area contributed by atoms with Gasteiger partial charge in [0, 0.05) is 41.5 Å². The first-order valence-corrected chi connectivity index (χ1v) is 11.7. The van der Waals surface area contributed by atoms with Gasteiger partial charge in [-0.05, 0) is 67.3 Å². The zero-order valence-electron chi connectivity index (χ0n) is 20.5. The van der Waals surface area contributed by atoms with Crippen LogP contribution in [0, 0.1) is 6.92 Å². The van der Waals surface area contributed by atoms with Crippen LogP contribution < -0.4 is 10.1 Å². The monoisotopic (exact) mass is 470 g/mol. The molecular weight excluding hydrogens is 440 g/mol. The molecule has 3 N–H and O–H groups in total. The molecule has 0 saturated heterocycles. The minimum Gasteiger partial charge on any atom is -0.497 e. The minimum absolute atomic E-state index is 0.167. The molecule has 7 nitrogen and oxygen atoms in total. The van der Waals surface area contributed by atoms with Crippen LogP contribution in [0.1, 0.15) is 18.2 Å². The topological polar surface area (TPSA) is 92.4 Å². The molecule has 3 heterocycles. The molecule has 0 aliphatic heterocycles. The number of fused-ring (bicyclic) bond motifs is 4. The third-order valence-corrected chi connectivity index (χ3v) is 6.93. The van der Waals surface area contributed by atoms with Crippen LogP contribution in [0.15, 0.2) is 54.7 Å². The van der Waals surface area contributed by atoms with Crippen molar-refractivity contribution in [1.82, 2.24) is 19.9 Å². The summed E-state index contributed by atoms with van der Waals surface area (Å²) in [7, 11) is 3.79. The van der Waals surface area contributed by atoms with Crippen LogP contribution >= 0.6 is 0 Å². The summed E-state index contributed by atoms with van der Waals surface area (Å²) in [6.45, 7) is 4.01. The van der Waals surface area contributed by atoms with Gasteiger partial charge in [-0.15, -0.1) is 0 Å². The predicted molar refractivity (Wildman–Crippen MR) is 140 cm³/mol. The molecule has 3 aromatic heterocycles. The van der Waals surface area contributed by atoms with Gasteiger partial charge < -0.3 is 24.8 Å². The molecule has 0 radical (unpaired) electrons. The number of hydrogen-bond acceptors (Lipinski definition) is 6. The van der Waals surface area contributed by atoms with Crippen molar-refractivity contribution < 1.29 is 14.9 Å². The molecule has 7 heteroatoms. The van der Waals surface area contributed by atoms with Gasteiger partial charge in [0.05, 0.1) is 48.5 Å². The molecule has 0 fully saturated rings. The number of aliphatic hydroxyl groups excluding tert-OH is 2. The lowest BCUT2D eigenvalue weighted by molar-refractivity contribution is 0.103. The molecule has 5 aromatic rings. The fraction of sp³-hybridized carbons (Fsp3) is 0.286. The third kappa shape index (κ3) is 3.91. The molecule has 0 aliphatic rings. The van der Waals surface area contributed by atoms with Crippen LogP contribution in [0.4, 0.5) is 0 Å². The van der Waals surface area contributed by atoms with E-state index in [2.05, 4.69) is 48.1 Å². The number of hydrogen-bond donors (Lipinski definition) is 3. The molecule has 0 bridgehead atoms. The van der Waals surface area contributed by atoms with Crippen LogP contribution in [0.2, 0.25) is 0 Å². The number of ether oxygens (including phenoxy) is 1. The SMILES string of the molecule is COc1ccc2c(c1)c1cc3c(-c4cccc(CNC(C)(CO)CO)n4)nccc3c(C)c1n2C. The molecule has 0 aliphatic carbocycles. The lowest BCUT2D eigenvalue weighted by Gasteiger charge is -2.26. The lowest BCUT2D eigenvalue weighted by atomic mass is 9.99. The van der Waals surface area contributed by atoms with Crippen molar-refractivity contribution in [3.63, 3.8) is 0 Å². The van der Waals surface area contributed by atoms with E-state index in [0.717, 1.165) is 49.9 Å². The second kappa shape index (κ2) is 8.92. The van der Waals surface area contributed by atoms with Gasteiger partial charge in [-0.3, -0.25) is 4.98 Å². The van der Waals surface area contributed by atoms with Gasteiger partial charge in [-0.25, -0.2) is 4.98 Å². The summed E-state index contributed by atoms with van der Waals surface area (Å²) in [5, 5.41) is 26.8. The van der Waals surface area contributed by atoms with Crippen molar-refractivity contribution in [3.8, 4) is 17.1 Å². The number of aliphatic hydroxyl groups is 2. The molecule has 180 valence electrons. The smallest absolute Gasteiger partial charge is 0.119 e. The molecular formula is C28H30N4O3. The highest BCUT2D eigenvalue weighted by Gasteiger charge is 2.22. The van der Waals surface area contributed by atoms with Crippen LogP contribution in [0.3, 0.4) is 0 Å². The standard InChI is InChI=1S/C28H30N4O3/c1-17-20-10-11-29-26(24-7-5-6-18(31-24)14-30-28(2,15-33)16-34)22(20)13-23-21-12-19(35-4)8-9-25(21)32(3)27(17)23/h5-13,30,33-34H,14-16H2,1-4H3. The largest absolute Gasteiger partial charge is 0.497 e. The number of nitrogens with zero attached hydrogens (tertiary/aromatic N) is 3. The maximum atomic E-state index is 9.57. The van der Waals surface area contributed by atoms with E-state index in [9.17, 15) is 10.2 Å². The summed E-state index contributed by atoms with van der Waals surface area (Å²) in [6.07, 6.45) is 1.84. The maximum absolute atomic E-state index is 9.57. The fourth-order valence-corrected chi connectivity index (χ4v) is 4.78. The molecule has 2 aromatic carbocycles. The second-order valence-electron chi connectivity index (χ2n) is 9.34. The summed E-state index contributed by atoms with van der Waals surface area (Å²) in [5.74, 6) is 0.828. The highest BCUT2D eigenvalue weighted by molar-refractivity contribution is 6.16. The first-order valence-electron chi connectivity index (χ1n) is 11.7. The van der Waals surface area contributed by atoms with Gasteiger partial charge in [-0.1, -0.05) is 6.07 Å². The number of methoxy groups -OCH3 is 1. The average molecular weight is 471 g/mol. The van der Waals surface area contributed by atoms with Crippen molar-refractivity contribution in [3.05, 3.63) is 66.0 Å². The third-order valence-electron chi connectivity index (χ3n) is 6.93. The molecule has 0 atom stereocenters. The van der Waals surface area contributed by atoms with E-state index < -0.39 is 5.54 Å². The van der Waals surface area contributed by atoms with E-state index in [1.54, 1.807) is 14.0 Å². The zero-order chi connectivity index (χ0) is 24.7. The average Bonchev–Trinajstić information content (AvgIpc) is 3.18. The Balaban J connectivity index is 1.67. The highest BCUT2D eigenvalue weighted by atomic mass is 16.5. The van der Waals surface area contributed by atoms with Gasteiger partial charge >= 0.3 is 0 Å². The summed E-state index contributed by atoms with van der Waals surface area (Å²) in [6, 6.07) is 16.3. The Morgan fingerprint density at radius 3 is 2.54 bits per heavy atom. The minimum atomic E-state index is -0.770. The highest BCUT2D eigenvalue weighted by Crippen LogP contribution is 2.38. The van der Waals surface area contributed by atoms with Gasteiger partial charge in [0.25, 0.3) is 0 Å². The number of pyridine rings is 2. The predicted octanol–water partition coefficient (Wildman–Crippen LogP) is 4.09. The molecule has 35 heavy (non-hydrogen) atoms. The van der Waals surface area contributed by atoms with E-state index in [1.807, 2.05) is 30.5 Å². The normalized spacial score (nSPS) is 12.2. The molecule has 5 rings (SSSR count). The second-order valence-corrected chi connectivity index (χ2v) is 9.34. The summed E-state index contributed by atoms with van der Waals surface area (Å²) < 4.78 is 7.74. The lowest BCUT2D eigenvalue weighted by Crippen LogP contribution is -2.48. The summed E-state index contributed by atoms with van der Waals surface area (Å²) in [4.78, 5) is 9.59. The van der Waals surface area contributed by atoms with Crippen molar-refractivity contribution >= 4 is 32.6 Å². The van der Waals surface area contributed by atoms with Crippen molar-refractivity contribution in [2.24, 2.45) is 7.05 Å². The first-order chi connectivity index (χ1) is 16.9. The van der Waals surface area contributed by atoms with Crippen molar-refractivity contribution in [2.75, 3.05) is 20.3 Å². The van der Waals surface area contributed by atoms with Gasteiger partial charge in [0.15, 0.2) is 0 Å². The number of aromatic nitrogens is 3. The Morgan fingerprint density at radius 1 is 1.00 bits per heavy atom. The first kappa shape index (κ1) is 23.2. The van der Waals surface area contributed by atoms with Crippen LogP contribution in [-0.4, -0.2) is 50.6 Å². The van der Waals surface area contributed by atoms with E-state index in [0.29, 0.717) is 6.54 Å². The van der Waals surface area contributed by atoms with Crippen molar-refractivity contribution in [2.45, 2.75) is 25.9 Å². The van der Waals surface area contributed by atoms with Gasteiger partial charge in [0.1, 0.15) is 5.75 Å².